The maximum atomic E-state index is 5.05. The molecule has 0 unspecified atom stereocenters. The molecule has 0 aliphatic carbocycles. The number of anilines is 3. The molecule has 0 fully saturated rings. The van der Waals surface area contributed by atoms with Crippen LogP contribution in [0.4, 0.5) is 17.1 Å². The Labute approximate surface area is 344 Å². The molecule has 10 aromatic rings. The predicted molar refractivity (Wildman–Crippen MR) is 245 cm³/mol. The first-order valence-corrected chi connectivity index (χ1v) is 19.9. The number of fused-ring (bicyclic) bond motifs is 1. The van der Waals surface area contributed by atoms with Crippen molar-refractivity contribution >= 4 is 27.8 Å². The van der Waals surface area contributed by atoms with Gasteiger partial charge in [0.05, 0.1) is 5.69 Å². The molecule has 0 amide bonds. The van der Waals surface area contributed by atoms with Crippen molar-refractivity contribution in [1.29, 1.82) is 0 Å². The van der Waals surface area contributed by atoms with Crippen LogP contribution in [0.1, 0.15) is 0 Å². The Kier molecular flexibility index (Phi) is 9.55. The number of para-hydroxylation sites is 1. The molecule has 0 spiro atoms. The van der Waals surface area contributed by atoms with Crippen LogP contribution in [0.25, 0.3) is 78.3 Å². The minimum absolute atomic E-state index is 0.625. The van der Waals surface area contributed by atoms with Crippen molar-refractivity contribution in [3.05, 3.63) is 231 Å². The van der Waals surface area contributed by atoms with E-state index >= 15 is 0 Å². The molecule has 1 heterocycles. The Morgan fingerprint density at radius 2 is 0.559 bits per heavy atom. The fourth-order valence-corrected chi connectivity index (χ4v) is 7.67. The molecule has 9 aromatic carbocycles. The molecule has 4 heteroatoms. The molecule has 0 radical (unpaired) electrons. The third-order valence-electron chi connectivity index (χ3n) is 10.8. The minimum Gasteiger partial charge on any atom is -0.310 e. The minimum atomic E-state index is 0.625. The van der Waals surface area contributed by atoms with Crippen molar-refractivity contribution in [2.45, 2.75) is 0 Å². The zero-order chi connectivity index (χ0) is 39.4. The third-order valence-corrected chi connectivity index (χ3v) is 10.8. The lowest BCUT2D eigenvalue weighted by Crippen LogP contribution is -2.10. The van der Waals surface area contributed by atoms with Crippen LogP contribution in [0, 0.1) is 0 Å². The monoisotopic (exact) mass is 754 g/mol. The van der Waals surface area contributed by atoms with Gasteiger partial charge in [-0.2, -0.15) is 0 Å². The van der Waals surface area contributed by atoms with Gasteiger partial charge in [0.25, 0.3) is 0 Å². The summed E-state index contributed by atoms with van der Waals surface area (Å²) < 4.78 is 0. The molecule has 4 nitrogen and oxygen atoms in total. The maximum absolute atomic E-state index is 5.05. The van der Waals surface area contributed by atoms with Crippen LogP contribution in [0.3, 0.4) is 0 Å². The number of aromatic nitrogens is 3. The van der Waals surface area contributed by atoms with Crippen LogP contribution in [0.15, 0.2) is 231 Å². The first-order valence-electron chi connectivity index (χ1n) is 19.9. The molecule has 278 valence electrons. The van der Waals surface area contributed by atoms with Crippen LogP contribution in [-0.4, -0.2) is 15.0 Å². The molecule has 59 heavy (non-hydrogen) atoms. The quantitative estimate of drug-likeness (QED) is 0.147. The molecule has 0 aliphatic rings. The molecular formula is C55H38N4. The van der Waals surface area contributed by atoms with E-state index in [2.05, 4.69) is 223 Å². The fraction of sp³-hybridized carbons (Fsp3) is 0. The lowest BCUT2D eigenvalue weighted by Gasteiger charge is -2.27. The Morgan fingerprint density at radius 3 is 1.02 bits per heavy atom. The molecular weight excluding hydrogens is 717 g/mol. The normalized spacial score (nSPS) is 11.1. The molecule has 0 saturated carbocycles. The molecule has 0 bridgehead atoms. The van der Waals surface area contributed by atoms with E-state index in [4.69, 9.17) is 15.0 Å². The summed E-state index contributed by atoms with van der Waals surface area (Å²) in [5.74, 6) is 1.89. The SMILES string of the molecule is c1ccc(-c2ccc(-c3nc(-c4ccc(-c5ccccc5)cc4)nc(-c4ccc(-c5ccc(N(c6ccccc6)c6cccc7ccccc67)cc5)cc4)n3)cc2)cc1. The van der Waals surface area contributed by atoms with Crippen molar-refractivity contribution in [1.82, 2.24) is 15.0 Å². The summed E-state index contributed by atoms with van der Waals surface area (Å²) in [5, 5.41) is 2.42. The molecule has 0 saturated heterocycles. The number of hydrogen-bond acceptors (Lipinski definition) is 4. The van der Waals surface area contributed by atoms with E-state index in [0.717, 1.165) is 56.0 Å². The average molecular weight is 755 g/mol. The second kappa shape index (κ2) is 15.9. The van der Waals surface area contributed by atoms with E-state index in [-0.39, 0.29) is 0 Å². The number of nitrogens with zero attached hydrogens (tertiary/aromatic N) is 4. The zero-order valence-corrected chi connectivity index (χ0v) is 32.2. The van der Waals surface area contributed by atoms with Gasteiger partial charge in [0.1, 0.15) is 0 Å². The topological polar surface area (TPSA) is 41.9 Å². The van der Waals surface area contributed by atoms with Crippen molar-refractivity contribution < 1.29 is 0 Å². The first kappa shape index (κ1) is 35.5. The summed E-state index contributed by atoms with van der Waals surface area (Å²) in [6, 6.07) is 80.6. The van der Waals surface area contributed by atoms with Crippen LogP contribution in [0.5, 0.6) is 0 Å². The summed E-state index contributed by atoms with van der Waals surface area (Å²) >= 11 is 0. The van der Waals surface area contributed by atoms with E-state index in [1.807, 2.05) is 12.1 Å². The van der Waals surface area contributed by atoms with Gasteiger partial charge in [-0.15, -0.1) is 0 Å². The highest BCUT2D eigenvalue weighted by molar-refractivity contribution is 5.99. The van der Waals surface area contributed by atoms with E-state index in [1.165, 1.54) is 21.9 Å². The maximum Gasteiger partial charge on any atom is 0.164 e. The molecule has 1 aromatic heterocycles. The summed E-state index contributed by atoms with van der Waals surface area (Å²) in [5.41, 5.74) is 13.0. The Hall–Kier alpha value is -7.95. The van der Waals surface area contributed by atoms with Crippen LogP contribution in [-0.2, 0) is 0 Å². The Morgan fingerprint density at radius 1 is 0.237 bits per heavy atom. The number of hydrogen-bond donors (Lipinski definition) is 0. The lowest BCUT2D eigenvalue weighted by atomic mass is 10.0. The second-order valence-electron chi connectivity index (χ2n) is 14.5. The lowest BCUT2D eigenvalue weighted by molar-refractivity contribution is 1.07. The van der Waals surface area contributed by atoms with Crippen LogP contribution >= 0.6 is 0 Å². The largest absolute Gasteiger partial charge is 0.310 e. The average Bonchev–Trinajstić information content (AvgIpc) is 3.33. The van der Waals surface area contributed by atoms with Gasteiger partial charge < -0.3 is 4.90 Å². The Balaban J connectivity index is 0.983. The van der Waals surface area contributed by atoms with Gasteiger partial charge in [0.2, 0.25) is 0 Å². The number of rotatable bonds is 9. The number of benzene rings is 9. The van der Waals surface area contributed by atoms with Gasteiger partial charge in [-0.3, -0.25) is 0 Å². The van der Waals surface area contributed by atoms with E-state index in [0.29, 0.717) is 17.5 Å². The predicted octanol–water partition coefficient (Wildman–Crippen LogP) is 14.5. The second-order valence-corrected chi connectivity index (χ2v) is 14.5. The van der Waals surface area contributed by atoms with Crippen molar-refractivity contribution in [2.24, 2.45) is 0 Å². The highest BCUT2D eigenvalue weighted by atomic mass is 15.1. The smallest absolute Gasteiger partial charge is 0.164 e. The summed E-state index contributed by atoms with van der Waals surface area (Å²) in [4.78, 5) is 17.5. The molecule has 0 N–H and O–H groups in total. The third kappa shape index (κ3) is 7.39. The zero-order valence-electron chi connectivity index (χ0n) is 32.2. The molecule has 0 aliphatic heterocycles. The first-order chi connectivity index (χ1) is 29.2. The van der Waals surface area contributed by atoms with Crippen LogP contribution < -0.4 is 4.90 Å². The summed E-state index contributed by atoms with van der Waals surface area (Å²) in [6.07, 6.45) is 0. The van der Waals surface area contributed by atoms with Gasteiger partial charge in [0.15, 0.2) is 17.5 Å². The van der Waals surface area contributed by atoms with E-state index in [9.17, 15) is 0 Å². The Bertz CT molecular complexity index is 2880. The van der Waals surface area contributed by atoms with E-state index in [1.54, 1.807) is 0 Å². The van der Waals surface area contributed by atoms with Crippen molar-refractivity contribution in [3.8, 4) is 67.5 Å². The van der Waals surface area contributed by atoms with Gasteiger partial charge in [-0.05, 0) is 69.1 Å². The van der Waals surface area contributed by atoms with Gasteiger partial charge in [0, 0.05) is 33.5 Å². The van der Waals surface area contributed by atoms with Gasteiger partial charge in [-0.25, -0.2) is 15.0 Å². The fourth-order valence-electron chi connectivity index (χ4n) is 7.67. The summed E-state index contributed by atoms with van der Waals surface area (Å²) in [6.45, 7) is 0. The standard InChI is InChI=1S/C55H38N4/c1-4-13-39(14-5-1)41-23-29-46(30-24-41)53-56-54(47-31-25-42(26-32-47)40-15-6-2-7-16-40)58-55(57-53)48-33-27-43(28-34-48)44-35-37-50(38-36-44)59(49-19-8-3-9-20-49)52-22-12-18-45-17-10-11-21-51(45)52/h1-38H. The van der Waals surface area contributed by atoms with Gasteiger partial charge >= 0.3 is 0 Å². The highest BCUT2D eigenvalue weighted by Gasteiger charge is 2.16. The van der Waals surface area contributed by atoms with Crippen LogP contribution in [0.2, 0.25) is 0 Å². The molecule has 10 rings (SSSR count). The van der Waals surface area contributed by atoms with E-state index < -0.39 is 0 Å². The van der Waals surface area contributed by atoms with Gasteiger partial charge in [-0.1, -0.05) is 200 Å². The van der Waals surface area contributed by atoms with Crippen molar-refractivity contribution in [3.63, 3.8) is 0 Å². The summed E-state index contributed by atoms with van der Waals surface area (Å²) in [7, 11) is 0. The molecule has 0 atom stereocenters. The highest BCUT2D eigenvalue weighted by Crippen LogP contribution is 2.39. The van der Waals surface area contributed by atoms with Crippen molar-refractivity contribution in [2.75, 3.05) is 4.90 Å².